The molecule has 2 amide bonds. The smallest absolute Gasteiger partial charge is 0.317 e. The molecular weight excluding hydrogens is 334 g/mol. The number of amides is 2. The molecule has 2 aromatic carbocycles. The Morgan fingerprint density at radius 3 is 2.41 bits per heavy atom. The number of carbonyl (C=O) groups excluding carboxylic acids is 1. The molecule has 1 N–H and O–H groups in total. The SMILES string of the molecule is O=C(NCc1ccccc1CN1CCCC1)N1CCC(c2ccccc2)C1. The van der Waals surface area contributed by atoms with Gasteiger partial charge < -0.3 is 10.2 Å². The predicted octanol–water partition coefficient (Wildman–Crippen LogP) is 3.98. The first kappa shape index (κ1) is 18.1. The number of nitrogens with one attached hydrogen (secondary N) is 1. The van der Waals surface area contributed by atoms with Crippen LogP contribution in [0.4, 0.5) is 4.79 Å². The third-order valence-electron chi connectivity index (χ3n) is 5.89. The lowest BCUT2D eigenvalue weighted by atomic mass is 9.99. The van der Waals surface area contributed by atoms with Crippen molar-refractivity contribution >= 4 is 6.03 Å². The highest BCUT2D eigenvalue weighted by atomic mass is 16.2. The van der Waals surface area contributed by atoms with E-state index in [2.05, 4.69) is 58.7 Å². The number of nitrogens with zero attached hydrogens (tertiary/aromatic N) is 2. The first-order valence-electron chi connectivity index (χ1n) is 10.2. The van der Waals surface area contributed by atoms with Gasteiger partial charge in [0.1, 0.15) is 0 Å². The number of hydrogen-bond donors (Lipinski definition) is 1. The van der Waals surface area contributed by atoms with E-state index in [9.17, 15) is 4.79 Å². The molecule has 0 bridgehead atoms. The van der Waals surface area contributed by atoms with Gasteiger partial charge in [0.2, 0.25) is 0 Å². The van der Waals surface area contributed by atoms with E-state index in [4.69, 9.17) is 0 Å². The van der Waals surface area contributed by atoms with E-state index in [1.807, 2.05) is 11.0 Å². The zero-order valence-corrected chi connectivity index (χ0v) is 15.9. The van der Waals surface area contributed by atoms with E-state index in [0.717, 1.165) is 26.1 Å². The third kappa shape index (κ3) is 4.51. The van der Waals surface area contributed by atoms with Crippen molar-refractivity contribution in [3.8, 4) is 0 Å². The van der Waals surface area contributed by atoms with Crippen LogP contribution in [-0.2, 0) is 13.1 Å². The summed E-state index contributed by atoms with van der Waals surface area (Å²) >= 11 is 0. The van der Waals surface area contributed by atoms with Gasteiger partial charge in [0.25, 0.3) is 0 Å². The summed E-state index contributed by atoms with van der Waals surface area (Å²) in [5.41, 5.74) is 3.91. The molecule has 2 heterocycles. The Morgan fingerprint density at radius 1 is 0.926 bits per heavy atom. The monoisotopic (exact) mass is 363 g/mol. The minimum absolute atomic E-state index is 0.0596. The summed E-state index contributed by atoms with van der Waals surface area (Å²) in [5, 5.41) is 3.15. The van der Waals surface area contributed by atoms with Crippen LogP contribution < -0.4 is 5.32 Å². The Balaban J connectivity index is 1.32. The summed E-state index contributed by atoms with van der Waals surface area (Å²) in [7, 11) is 0. The minimum atomic E-state index is 0.0596. The Morgan fingerprint density at radius 2 is 1.63 bits per heavy atom. The van der Waals surface area contributed by atoms with E-state index >= 15 is 0 Å². The number of rotatable bonds is 5. The van der Waals surface area contributed by atoms with Gasteiger partial charge in [0.05, 0.1) is 0 Å². The second-order valence-corrected chi connectivity index (χ2v) is 7.75. The molecule has 0 aromatic heterocycles. The lowest BCUT2D eigenvalue weighted by molar-refractivity contribution is 0.207. The molecular formula is C23H29N3O. The van der Waals surface area contributed by atoms with Crippen molar-refractivity contribution < 1.29 is 4.79 Å². The highest BCUT2D eigenvalue weighted by Gasteiger charge is 2.27. The van der Waals surface area contributed by atoms with Gasteiger partial charge in [-0.3, -0.25) is 4.90 Å². The standard InChI is InChI=1S/C23H29N3O/c27-23(26-15-12-22(18-26)19-8-2-1-3-9-19)24-16-20-10-4-5-11-21(20)17-25-13-6-7-14-25/h1-5,8-11,22H,6-7,12-18H2,(H,24,27). The summed E-state index contributed by atoms with van der Waals surface area (Å²) < 4.78 is 0. The topological polar surface area (TPSA) is 35.6 Å². The van der Waals surface area contributed by atoms with Crippen LogP contribution >= 0.6 is 0 Å². The Labute approximate surface area is 162 Å². The average Bonchev–Trinajstić information content (AvgIpc) is 3.40. The molecule has 2 fully saturated rings. The molecule has 4 heteroatoms. The zero-order valence-electron chi connectivity index (χ0n) is 15.9. The van der Waals surface area contributed by atoms with E-state index < -0.39 is 0 Å². The fraction of sp³-hybridized carbons (Fsp3) is 0.435. The second-order valence-electron chi connectivity index (χ2n) is 7.75. The van der Waals surface area contributed by atoms with Crippen LogP contribution in [0.3, 0.4) is 0 Å². The molecule has 0 aliphatic carbocycles. The maximum Gasteiger partial charge on any atom is 0.317 e. The van der Waals surface area contributed by atoms with Gasteiger partial charge >= 0.3 is 6.03 Å². The minimum Gasteiger partial charge on any atom is -0.334 e. The largest absolute Gasteiger partial charge is 0.334 e. The summed E-state index contributed by atoms with van der Waals surface area (Å²) in [5.74, 6) is 0.458. The molecule has 4 rings (SSSR count). The van der Waals surface area contributed by atoms with Gasteiger partial charge in [-0.05, 0) is 49.0 Å². The maximum absolute atomic E-state index is 12.7. The molecule has 142 valence electrons. The Kier molecular flexibility index (Phi) is 5.73. The van der Waals surface area contributed by atoms with Gasteiger partial charge in [-0.1, -0.05) is 54.6 Å². The molecule has 2 saturated heterocycles. The predicted molar refractivity (Wildman–Crippen MR) is 109 cm³/mol. The van der Waals surface area contributed by atoms with Crippen molar-refractivity contribution in [2.45, 2.75) is 38.3 Å². The van der Waals surface area contributed by atoms with Crippen molar-refractivity contribution in [1.29, 1.82) is 0 Å². The quantitative estimate of drug-likeness (QED) is 0.872. The van der Waals surface area contributed by atoms with Crippen molar-refractivity contribution in [2.75, 3.05) is 26.2 Å². The zero-order chi connectivity index (χ0) is 18.5. The van der Waals surface area contributed by atoms with Crippen molar-refractivity contribution in [3.05, 3.63) is 71.3 Å². The fourth-order valence-electron chi connectivity index (χ4n) is 4.29. The van der Waals surface area contributed by atoms with E-state index in [0.29, 0.717) is 12.5 Å². The number of likely N-dealkylation sites (tertiary alicyclic amines) is 2. The number of benzene rings is 2. The normalized spacial score (nSPS) is 20.1. The molecule has 1 atom stereocenters. The van der Waals surface area contributed by atoms with Gasteiger partial charge in [0.15, 0.2) is 0 Å². The molecule has 2 aliphatic heterocycles. The van der Waals surface area contributed by atoms with Crippen LogP contribution in [0.5, 0.6) is 0 Å². The van der Waals surface area contributed by atoms with Crippen molar-refractivity contribution in [1.82, 2.24) is 15.1 Å². The van der Waals surface area contributed by atoms with E-state index in [1.165, 1.54) is 42.6 Å². The van der Waals surface area contributed by atoms with Crippen LogP contribution in [-0.4, -0.2) is 42.0 Å². The summed E-state index contributed by atoms with van der Waals surface area (Å²) in [6.07, 6.45) is 3.65. The van der Waals surface area contributed by atoms with Crippen LogP contribution in [0.25, 0.3) is 0 Å². The summed E-state index contributed by atoms with van der Waals surface area (Å²) in [6, 6.07) is 19.1. The number of urea groups is 1. The Bertz CT molecular complexity index is 755. The third-order valence-corrected chi connectivity index (χ3v) is 5.89. The van der Waals surface area contributed by atoms with Gasteiger partial charge in [0, 0.05) is 32.1 Å². The lowest BCUT2D eigenvalue weighted by Crippen LogP contribution is -2.38. The van der Waals surface area contributed by atoms with Crippen LogP contribution in [0, 0.1) is 0 Å². The molecule has 0 radical (unpaired) electrons. The molecule has 2 aliphatic rings. The summed E-state index contributed by atoms with van der Waals surface area (Å²) in [4.78, 5) is 17.1. The second kappa shape index (κ2) is 8.57. The number of carbonyl (C=O) groups is 1. The highest BCUT2D eigenvalue weighted by molar-refractivity contribution is 5.74. The molecule has 27 heavy (non-hydrogen) atoms. The fourth-order valence-corrected chi connectivity index (χ4v) is 4.29. The van der Waals surface area contributed by atoms with Gasteiger partial charge in [-0.25, -0.2) is 4.79 Å². The molecule has 4 nitrogen and oxygen atoms in total. The van der Waals surface area contributed by atoms with Gasteiger partial charge in [-0.2, -0.15) is 0 Å². The van der Waals surface area contributed by atoms with Crippen molar-refractivity contribution in [3.63, 3.8) is 0 Å². The molecule has 0 saturated carbocycles. The Hall–Kier alpha value is -2.33. The van der Waals surface area contributed by atoms with E-state index in [1.54, 1.807) is 0 Å². The summed E-state index contributed by atoms with van der Waals surface area (Å²) in [6.45, 7) is 5.62. The molecule has 1 unspecified atom stereocenters. The van der Waals surface area contributed by atoms with E-state index in [-0.39, 0.29) is 6.03 Å². The highest BCUT2D eigenvalue weighted by Crippen LogP contribution is 2.27. The van der Waals surface area contributed by atoms with Crippen LogP contribution in [0.2, 0.25) is 0 Å². The number of hydrogen-bond acceptors (Lipinski definition) is 2. The molecule has 2 aromatic rings. The average molecular weight is 364 g/mol. The lowest BCUT2D eigenvalue weighted by Gasteiger charge is -2.20. The van der Waals surface area contributed by atoms with Gasteiger partial charge in [-0.15, -0.1) is 0 Å². The molecule has 0 spiro atoms. The maximum atomic E-state index is 12.7. The van der Waals surface area contributed by atoms with Crippen LogP contribution in [0.1, 0.15) is 41.9 Å². The first-order chi connectivity index (χ1) is 13.3. The van der Waals surface area contributed by atoms with Crippen LogP contribution in [0.15, 0.2) is 54.6 Å². The first-order valence-corrected chi connectivity index (χ1v) is 10.2. The van der Waals surface area contributed by atoms with Crippen molar-refractivity contribution in [2.24, 2.45) is 0 Å².